The lowest BCUT2D eigenvalue weighted by molar-refractivity contribution is 0.368. The van der Waals surface area contributed by atoms with E-state index < -0.39 is 0 Å². The molecule has 2 nitrogen and oxygen atoms in total. The van der Waals surface area contributed by atoms with Crippen LogP contribution in [0.25, 0.3) is 0 Å². The number of allylic oxidation sites excluding steroid dienone is 2. The Bertz CT molecular complexity index is 527. The van der Waals surface area contributed by atoms with E-state index in [2.05, 4.69) is 24.5 Å². The van der Waals surface area contributed by atoms with Crippen molar-refractivity contribution in [1.29, 1.82) is 0 Å². The fourth-order valence-corrected chi connectivity index (χ4v) is 2.47. The summed E-state index contributed by atoms with van der Waals surface area (Å²) in [4.78, 5) is 2.33. The molecule has 1 heterocycles. The van der Waals surface area contributed by atoms with Crippen LogP contribution in [0.5, 0.6) is 5.75 Å². The molecule has 1 aromatic carbocycles. The van der Waals surface area contributed by atoms with Gasteiger partial charge >= 0.3 is 0 Å². The number of anilines is 1. The molecule has 1 aromatic rings. The third-order valence-corrected chi connectivity index (χ3v) is 3.25. The van der Waals surface area contributed by atoms with Crippen molar-refractivity contribution in [2.45, 2.75) is 13.0 Å². The number of ether oxygens (including phenoxy) is 1. The van der Waals surface area contributed by atoms with E-state index >= 15 is 0 Å². The highest BCUT2D eigenvalue weighted by atomic mass is 16.5. The maximum absolute atomic E-state index is 5.95. The summed E-state index contributed by atoms with van der Waals surface area (Å²) in [6.07, 6.45) is 6.07. The number of nitrogens with zero attached hydrogens (tertiary/aromatic N) is 1. The summed E-state index contributed by atoms with van der Waals surface area (Å²) in [5.41, 5.74) is 2.23. The molecule has 0 aromatic heterocycles. The molecule has 17 heavy (non-hydrogen) atoms. The predicted molar refractivity (Wildman–Crippen MR) is 70.2 cm³/mol. The van der Waals surface area contributed by atoms with Gasteiger partial charge < -0.3 is 9.64 Å². The fraction of sp³-hybridized carbons (Fsp3) is 0.200. The van der Waals surface area contributed by atoms with Crippen molar-refractivity contribution in [3.8, 4) is 5.75 Å². The Hall–Kier alpha value is -1.96. The number of hydrogen-bond donors (Lipinski definition) is 0. The zero-order valence-electron chi connectivity index (χ0n) is 9.89. The smallest absolute Gasteiger partial charge is 0.150 e. The largest absolute Gasteiger partial charge is 0.457 e. The van der Waals surface area contributed by atoms with Crippen LogP contribution in [0, 0.1) is 0 Å². The van der Waals surface area contributed by atoms with Crippen molar-refractivity contribution in [3.05, 3.63) is 60.4 Å². The Kier molecular flexibility index (Phi) is 2.29. The Labute approximate surface area is 102 Å². The van der Waals surface area contributed by atoms with E-state index in [0.29, 0.717) is 0 Å². The molecule has 2 aliphatic rings. The summed E-state index contributed by atoms with van der Waals surface area (Å²) in [6.45, 7) is 7.22. The second kappa shape index (κ2) is 3.81. The molecular weight excluding hydrogens is 210 g/mol. The molecule has 2 heteroatoms. The number of fused-ring (bicyclic) bond motifs is 2. The summed E-state index contributed by atoms with van der Waals surface area (Å²) < 4.78 is 5.95. The first-order chi connectivity index (χ1) is 8.31. The van der Waals surface area contributed by atoms with Crippen molar-refractivity contribution in [2.75, 3.05) is 11.4 Å². The average molecular weight is 225 g/mol. The highest BCUT2D eigenvalue weighted by Gasteiger charge is 2.32. The highest BCUT2D eigenvalue weighted by molar-refractivity contribution is 5.66. The number of benzene rings is 1. The third-order valence-electron chi connectivity index (χ3n) is 3.25. The first kappa shape index (κ1) is 10.2. The number of para-hydroxylation sites is 2. The monoisotopic (exact) mass is 225 g/mol. The first-order valence-electron chi connectivity index (χ1n) is 5.92. The Morgan fingerprint density at radius 3 is 3.00 bits per heavy atom. The Balaban J connectivity index is 2.14. The van der Waals surface area contributed by atoms with Gasteiger partial charge in [0.1, 0.15) is 17.6 Å². The van der Waals surface area contributed by atoms with Crippen molar-refractivity contribution in [2.24, 2.45) is 0 Å². The Morgan fingerprint density at radius 2 is 2.18 bits per heavy atom. The lowest BCUT2D eigenvalue weighted by atomic mass is 9.97. The van der Waals surface area contributed by atoms with Crippen LogP contribution in [0.15, 0.2) is 60.4 Å². The minimum Gasteiger partial charge on any atom is -0.457 e. The van der Waals surface area contributed by atoms with Gasteiger partial charge in [0.25, 0.3) is 0 Å². The standard InChI is InChI=1S/C15H15NO/c1-3-16-12-8-4-5-9-13(12)17-14-10-6-7-11(2)15(14)16/h4-10,15H,2-3H2,1H3. The second-order valence-electron chi connectivity index (χ2n) is 4.26. The van der Waals surface area contributed by atoms with Crippen molar-refractivity contribution in [3.63, 3.8) is 0 Å². The molecule has 3 rings (SSSR count). The van der Waals surface area contributed by atoms with Crippen molar-refractivity contribution >= 4 is 5.69 Å². The van der Waals surface area contributed by atoms with Crippen LogP contribution in [0.1, 0.15) is 6.92 Å². The zero-order chi connectivity index (χ0) is 11.8. The van der Waals surface area contributed by atoms with E-state index in [0.717, 1.165) is 29.3 Å². The molecule has 1 aliphatic carbocycles. The molecule has 1 atom stereocenters. The SMILES string of the molecule is C=C1C=CC=C2Oc3ccccc3N(CC)C12. The van der Waals surface area contributed by atoms with Crippen molar-refractivity contribution < 1.29 is 4.74 Å². The van der Waals surface area contributed by atoms with Crippen LogP contribution in [-0.2, 0) is 0 Å². The summed E-state index contributed by atoms with van der Waals surface area (Å²) in [6, 6.07) is 8.30. The number of rotatable bonds is 1. The molecule has 0 radical (unpaired) electrons. The zero-order valence-corrected chi connectivity index (χ0v) is 9.89. The molecule has 1 unspecified atom stereocenters. The molecule has 0 amide bonds. The van der Waals surface area contributed by atoms with E-state index in [4.69, 9.17) is 4.74 Å². The minimum atomic E-state index is 0.153. The van der Waals surface area contributed by atoms with E-state index in [9.17, 15) is 0 Å². The minimum absolute atomic E-state index is 0.153. The van der Waals surface area contributed by atoms with Gasteiger partial charge in [-0.2, -0.15) is 0 Å². The molecule has 1 aliphatic heterocycles. The van der Waals surface area contributed by atoms with Gasteiger partial charge in [0.2, 0.25) is 0 Å². The molecular formula is C15H15NO. The van der Waals surface area contributed by atoms with Crippen LogP contribution in [0.2, 0.25) is 0 Å². The van der Waals surface area contributed by atoms with E-state index in [1.807, 2.05) is 36.4 Å². The maximum atomic E-state index is 5.95. The predicted octanol–water partition coefficient (Wildman–Crippen LogP) is 3.28. The molecule has 0 saturated heterocycles. The normalized spacial score (nSPS) is 21.5. The molecule has 0 bridgehead atoms. The Morgan fingerprint density at radius 1 is 1.35 bits per heavy atom. The first-order valence-corrected chi connectivity index (χ1v) is 5.92. The second-order valence-corrected chi connectivity index (χ2v) is 4.26. The summed E-state index contributed by atoms with van der Waals surface area (Å²) >= 11 is 0. The van der Waals surface area contributed by atoms with E-state index in [1.54, 1.807) is 0 Å². The molecule has 0 N–H and O–H groups in total. The lowest BCUT2D eigenvalue weighted by Gasteiger charge is -2.40. The van der Waals surface area contributed by atoms with Gasteiger partial charge in [0, 0.05) is 6.54 Å². The van der Waals surface area contributed by atoms with Crippen LogP contribution in [-0.4, -0.2) is 12.6 Å². The van der Waals surface area contributed by atoms with Gasteiger partial charge in [-0.25, -0.2) is 0 Å². The van der Waals surface area contributed by atoms with Crippen LogP contribution >= 0.6 is 0 Å². The summed E-state index contributed by atoms with van der Waals surface area (Å²) in [5, 5.41) is 0. The van der Waals surface area contributed by atoms with Crippen molar-refractivity contribution in [1.82, 2.24) is 0 Å². The highest BCUT2D eigenvalue weighted by Crippen LogP contribution is 2.40. The molecule has 86 valence electrons. The summed E-state index contributed by atoms with van der Waals surface area (Å²) in [5.74, 6) is 1.90. The molecule has 0 fully saturated rings. The maximum Gasteiger partial charge on any atom is 0.150 e. The van der Waals surface area contributed by atoms with Gasteiger partial charge in [0.05, 0.1) is 5.69 Å². The molecule has 0 spiro atoms. The lowest BCUT2D eigenvalue weighted by Crippen LogP contribution is -2.42. The van der Waals surface area contributed by atoms with Gasteiger partial charge in [-0.15, -0.1) is 0 Å². The van der Waals surface area contributed by atoms with Gasteiger partial charge in [-0.3, -0.25) is 0 Å². The van der Waals surface area contributed by atoms with E-state index in [1.165, 1.54) is 0 Å². The third kappa shape index (κ3) is 1.48. The van der Waals surface area contributed by atoms with Crippen LogP contribution < -0.4 is 9.64 Å². The van der Waals surface area contributed by atoms with Crippen LogP contribution in [0.3, 0.4) is 0 Å². The molecule has 0 saturated carbocycles. The number of likely N-dealkylation sites (N-methyl/N-ethyl adjacent to an activating group) is 1. The summed E-state index contributed by atoms with van der Waals surface area (Å²) in [7, 11) is 0. The number of hydrogen-bond acceptors (Lipinski definition) is 2. The van der Waals surface area contributed by atoms with Gasteiger partial charge in [-0.05, 0) is 30.7 Å². The average Bonchev–Trinajstić information content (AvgIpc) is 2.36. The van der Waals surface area contributed by atoms with E-state index in [-0.39, 0.29) is 6.04 Å². The topological polar surface area (TPSA) is 12.5 Å². The van der Waals surface area contributed by atoms with Gasteiger partial charge in [0.15, 0.2) is 0 Å². The quantitative estimate of drug-likeness (QED) is 0.727. The fourth-order valence-electron chi connectivity index (χ4n) is 2.47. The van der Waals surface area contributed by atoms with Crippen LogP contribution in [0.4, 0.5) is 5.69 Å². The van der Waals surface area contributed by atoms with Gasteiger partial charge in [-0.1, -0.05) is 30.9 Å².